The molecule has 0 atom stereocenters. The maximum absolute atomic E-state index is 13.1. The van der Waals surface area contributed by atoms with Crippen LogP contribution >= 0.6 is 35.0 Å². The molecule has 0 N–H and O–H groups in total. The number of nitrogens with zero attached hydrogens (tertiary/aromatic N) is 4. The third-order valence-corrected chi connectivity index (χ3v) is 6.53. The third kappa shape index (κ3) is 5.13. The average Bonchev–Trinajstić information content (AvgIpc) is 2.75. The van der Waals surface area contributed by atoms with E-state index in [4.69, 9.17) is 23.2 Å². The van der Waals surface area contributed by atoms with Gasteiger partial charge >= 0.3 is 0 Å². The molecule has 0 spiro atoms. The van der Waals surface area contributed by atoms with Gasteiger partial charge in [-0.3, -0.25) is 0 Å². The fourth-order valence-corrected chi connectivity index (χ4v) is 4.34. The summed E-state index contributed by atoms with van der Waals surface area (Å²) in [6, 6.07) is 14.3. The summed E-state index contributed by atoms with van der Waals surface area (Å²) in [4.78, 5) is 13.3. The molecule has 1 aromatic heterocycles. The summed E-state index contributed by atoms with van der Waals surface area (Å²) in [6.45, 7) is 3.43. The van der Waals surface area contributed by atoms with Gasteiger partial charge in [-0.05, 0) is 42.0 Å². The lowest BCUT2D eigenvalue weighted by atomic mass is 10.2. The van der Waals surface area contributed by atoms with E-state index in [2.05, 4.69) is 19.8 Å². The van der Waals surface area contributed by atoms with E-state index in [1.54, 1.807) is 18.1 Å². The number of aromatic nitrogens is 2. The molecular weight excluding hydrogens is 430 g/mol. The first kappa shape index (κ1) is 20.3. The molecule has 1 aliphatic heterocycles. The van der Waals surface area contributed by atoms with Crippen LogP contribution < -0.4 is 9.80 Å². The Hall–Kier alpha value is -2.02. The highest BCUT2D eigenvalue weighted by Gasteiger charge is 2.19. The van der Waals surface area contributed by atoms with Gasteiger partial charge in [-0.2, -0.15) is 0 Å². The normalized spacial score (nSPS) is 14.3. The van der Waals surface area contributed by atoms with Crippen molar-refractivity contribution < 1.29 is 4.39 Å². The van der Waals surface area contributed by atoms with Crippen molar-refractivity contribution in [3.63, 3.8) is 0 Å². The van der Waals surface area contributed by atoms with E-state index in [1.807, 2.05) is 36.4 Å². The minimum Gasteiger partial charge on any atom is -0.368 e. The maximum atomic E-state index is 13.1. The van der Waals surface area contributed by atoms with Gasteiger partial charge in [-0.15, -0.1) is 11.8 Å². The standard InChI is InChI=1S/C21H19Cl2FN4S/c22-18-6-1-15(11-19(18)23)13-29-21-12-20(25-14-26-21)28-9-7-27(8-10-28)17-4-2-16(24)3-5-17/h1-6,11-12,14H,7-10,13H2. The van der Waals surface area contributed by atoms with Gasteiger partial charge in [-0.25, -0.2) is 14.4 Å². The molecule has 0 bridgehead atoms. The third-order valence-electron chi connectivity index (χ3n) is 4.79. The molecule has 0 unspecified atom stereocenters. The van der Waals surface area contributed by atoms with Crippen molar-refractivity contribution in [2.45, 2.75) is 10.8 Å². The second-order valence-electron chi connectivity index (χ2n) is 6.70. The maximum Gasteiger partial charge on any atom is 0.133 e. The van der Waals surface area contributed by atoms with Crippen molar-refractivity contribution in [1.82, 2.24) is 9.97 Å². The van der Waals surface area contributed by atoms with Crippen molar-refractivity contribution >= 4 is 46.5 Å². The topological polar surface area (TPSA) is 32.3 Å². The van der Waals surface area contributed by atoms with Crippen molar-refractivity contribution in [3.05, 3.63) is 76.3 Å². The summed E-state index contributed by atoms with van der Waals surface area (Å²) in [7, 11) is 0. The van der Waals surface area contributed by atoms with E-state index in [0.717, 1.165) is 54.0 Å². The van der Waals surface area contributed by atoms with Crippen LogP contribution in [0, 0.1) is 5.82 Å². The van der Waals surface area contributed by atoms with E-state index in [1.165, 1.54) is 12.1 Å². The van der Waals surface area contributed by atoms with E-state index < -0.39 is 0 Å². The van der Waals surface area contributed by atoms with Crippen LogP contribution in [0.5, 0.6) is 0 Å². The zero-order valence-electron chi connectivity index (χ0n) is 15.6. The van der Waals surface area contributed by atoms with Crippen molar-refractivity contribution in [1.29, 1.82) is 0 Å². The molecule has 0 amide bonds. The van der Waals surface area contributed by atoms with Crippen LogP contribution in [0.2, 0.25) is 10.0 Å². The van der Waals surface area contributed by atoms with Crippen LogP contribution in [0.3, 0.4) is 0 Å². The molecule has 1 aliphatic rings. The summed E-state index contributed by atoms with van der Waals surface area (Å²) in [6.07, 6.45) is 1.61. The Balaban J connectivity index is 1.36. The van der Waals surface area contributed by atoms with E-state index in [9.17, 15) is 4.39 Å². The van der Waals surface area contributed by atoms with Crippen LogP contribution in [0.15, 0.2) is 59.9 Å². The van der Waals surface area contributed by atoms with Crippen molar-refractivity contribution in [2.24, 2.45) is 0 Å². The number of rotatable bonds is 5. The monoisotopic (exact) mass is 448 g/mol. The molecule has 1 fully saturated rings. The summed E-state index contributed by atoms with van der Waals surface area (Å²) < 4.78 is 13.1. The quantitative estimate of drug-likeness (QED) is 0.377. The van der Waals surface area contributed by atoms with Gasteiger partial charge in [0.25, 0.3) is 0 Å². The lowest BCUT2D eigenvalue weighted by Gasteiger charge is -2.36. The molecule has 0 radical (unpaired) electrons. The van der Waals surface area contributed by atoms with E-state index in [0.29, 0.717) is 10.0 Å². The summed E-state index contributed by atoms with van der Waals surface area (Å²) in [5, 5.41) is 2.04. The van der Waals surface area contributed by atoms with Gasteiger partial charge in [0, 0.05) is 43.7 Å². The zero-order chi connectivity index (χ0) is 20.2. The Morgan fingerprint density at radius 1 is 0.862 bits per heavy atom. The lowest BCUT2D eigenvalue weighted by molar-refractivity contribution is 0.624. The smallest absolute Gasteiger partial charge is 0.133 e. The van der Waals surface area contributed by atoms with Crippen LogP contribution in [0.4, 0.5) is 15.9 Å². The second-order valence-corrected chi connectivity index (χ2v) is 8.51. The van der Waals surface area contributed by atoms with Gasteiger partial charge < -0.3 is 9.80 Å². The summed E-state index contributed by atoms with van der Waals surface area (Å²) >= 11 is 13.7. The molecule has 4 nitrogen and oxygen atoms in total. The van der Waals surface area contributed by atoms with Gasteiger partial charge in [-0.1, -0.05) is 29.3 Å². The number of hydrogen-bond acceptors (Lipinski definition) is 5. The molecule has 4 rings (SSSR count). The Kier molecular flexibility index (Phi) is 6.43. The number of thioether (sulfide) groups is 1. The minimum atomic E-state index is -0.209. The highest BCUT2D eigenvalue weighted by Crippen LogP contribution is 2.28. The highest BCUT2D eigenvalue weighted by atomic mass is 35.5. The summed E-state index contributed by atoms with van der Waals surface area (Å²) in [5.41, 5.74) is 2.14. The lowest BCUT2D eigenvalue weighted by Crippen LogP contribution is -2.46. The molecule has 150 valence electrons. The minimum absolute atomic E-state index is 0.209. The molecule has 0 saturated carbocycles. The first-order valence-corrected chi connectivity index (χ1v) is 11.0. The molecule has 2 aromatic carbocycles. The van der Waals surface area contributed by atoms with Gasteiger partial charge in [0.1, 0.15) is 23.0 Å². The van der Waals surface area contributed by atoms with E-state index >= 15 is 0 Å². The number of benzene rings is 2. The fourth-order valence-electron chi connectivity index (χ4n) is 3.21. The number of piperazine rings is 1. The number of hydrogen-bond donors (Lipinski definition) is 0. The van der Waals surface area contributed by atoms with E-state index in [-0.39, 0.29) is 5.82 Å². The molecule has 3 aromatic rings. The van der Waals surface area contributed by atoms with Gasteiger partial charge in [0.05, 0.1) is 10.0 Å². The first-order valence-electron chi connectivity index (χ1n) is 9.23. The van der Waals surface area contributed by atoms with Crippen molar-refractivity contribution in [2.75, 3.05) is 36.0 Å². The van der Waals surface area contributed by atoms with Crippen molar-refractivity contribution in [3.8, 4) is 0 Å². The average molecular weight is 449 g/mol. The molecule has 29 heavy (non-hydrogen) atoms. The number of anilines is 2. The van der Waals surface area contributed by atoms with Crippen LogP contribution in [0.25, 0.3) is 0 Å². The molecular formula is C21H19Cl2FN4S. The predicted molar refractivity (Wildman–Crippen MR) is 119 cm³/mol. The van der Waals surface area contributed by atoms with Crippen LogP contribution in [-0.4, -0.2) is 36.1 Å². The molecule has 0 aliphatic carbocycles. The van der Waals surface area contributed by atoms with Gasteiger partial charge in [0.2, 0.25) is 0 Å². The van der Waals surface area contributed by atoms with Gasteiger partial charge in [0.15, 0.2) is 0 Å². The Morgan fingerprint density at radius 2 is 1.59 bits per heavy atom. The molecule has 8 heteroatoms. The highest BCUT2D eigenvalue weighted by molar-refractivity contribution is 7.98. The Labute approximate surface area is 183 Å². The fraction of sp³-hybridized carbons (Fsp3) is 0.238. The van der Waals surface area contributed by atoms with Crippen LogP contribution in [-0.2, 0) is 5.75 Å². The molecule has 2 heterocycles. The zero-order valence-corrected chi connectivity index (χ0v) is 17.9. The second kappa shape index (κ2) is 9.20. The first-order chi connectivity index (χ1) is 14.1. The largest absolute Gasteiger partial charge is 0.368 e. The SMILES string of the molecule is Fc1ccc(N2CCN(c3cc(SCc4ccc(Cl)c(Cl)c4)ncn3)CC2)cc1. The Bertz CT molecular complexity index is 979. The van der Waals surface area contributed by atoms with Crippen LogP contribution in [0.1, 0.15) is 5.56 Å². The Morgan fingerprint density at radius 3 is 2.31 bits per heavy atom. The predicted octanol–water partition coefficient (Wildman–Crippen LogP) is 5.54. The number of halogens is 3. The molecule has 1 saturated heterocycles. The summed E-state index contributed by atoms with van der Waals surface area (Å²) in [5.74, 6) is 1.47.